The van der Waals surface area contributed by atoms with Crippen LogP contribution in [0.1, 0.15) is 11.4 Å². The zero-order valence-corrected chi connectivity index (χ0v) is 9.91. The molecule has 0 saturated carbocycles. The molecule has 0 aliphatic rings. The SMILES string of the molecule is Cn1c(Cl)cnc1CNCc1ccccc1. The van der Waals surface area contributed by atoms with E-state index in [-0.39, 0.29) is 0 Å². The van der Waals surface area contributed by atoms with Gasteiger partial charge in [-0.1, -0.05) is 41.9 Å². The molecule has 0 fully saturated rings. The van der Waals surface area contributed by atoms with Crippen LogP contribution in [0.5, 0.6) is 0 Å². The summed E-state index contributed by atoms with van der Waals surface area (Å²) in [4.78, 5) is 4.22. The van der Waals surface area contributed by atoms with Crippen LogP contribution in [0.25, 0.3) is 0 Å². The molecule has 0 spiro atoms. The number of nitrogens with one attached hydrogen (secondary N) is 1. The van der Waals surface area contributed by atoms with Gasteiger partial charge >= 0.3 is 0 Å². The Hall–Kier alpha value is -1.32. The highest BCUT2D eigenvalue weighted by molar-refractivity contribution is 6.29. The third-order valence-corrected chi connectivity index (χ3v) is 2.83. The number of hydrogen-bond acceptors (Lipinski definition) is 2. The molecule has 16 heavy (non-hydrogen) atoms. The van der Waals surface area contributed by atoms with Gasteiger partial charge in [0.1, 0.15) is 11.0 Å². The van der Waals surface area contributed by atoms with Crippen LogP contribution in [0.15, 0.2) is 36.5 Å². The van der Waals surface area contributed by atoms with Crippen LogP contribution in [0.3, 0.4) is 0 Å². The Morgan fingerprint density at radius 2 is 2.00 bits per heavy atom. The average Bonchev–Trinajstić information content (AvgIpc) is 2.62. The monoisotopic (exact) mass is 235 g/mol. The average molecular weight is 236 g/mol. The maximum absolute atomic E-state index is 5.90. The molecule has 0 unspecified atom stereocenters. The van der Waals surface area contributed by atoms with Crippen molar-refractivity contribution >= 4 is 11.6 Å². The molecule has 1 heterocycles. The first-order valence-electron chi connectivity index (χ1n) is 5.18. The number of benzene rings is 1. The van der Waals surface area contributed by atoms with E-state index in [0.29, 0.717) is 5.15 Å². The van der Waals surface area contributed by atoms with Gasteiger partial charge in [-0.3, -0.25) is 0 Å². The molecule has 0 aliphatic heterocycles. The van der Waals surface area contributed by atoms with Crippen LogP contribution >= 0.6 is 11.6 Å². The lowest BCUT2D eigenvalue weighted by Crippen LogP contribution is -2.15. The van der Waals surface area contributed by atoms with Gasteiger partial charge in [0.15, 0.2) is 0 Å². The largest absolute Gasteiger partial charge is 0.321 e. The van der Waals surface area contributed by atoms with Crippen LogP contribution in [0.2, 0.25) is 5.15 Å². The lowest BCUT2D eigenvalue weighted by Gasteiger charge is -2.05. The fraction of sp³-hybridized carbons (Fsp3) is 0.250. The van der Waals surface area contributed by atoms with Gasteiger partial charge in [-0.25, -0.2) is 4.98 Å². The number of aromatic nitrogens is 2. The Labute approximate surface area is 100 Å². The van der Waals surface area contributed by atoms with Crippen LogP contribution < -0.4 is 5.32 Å². The van der Waals surface area contributed by atoms with Crippen molar-refractivity contribution in [2.45, 2.75) is 13.1 Å². The van der Waals surface area contributed by atoms with Gasteiger partial charge in [-0.15, -0.1) is 0 Å². The highest BCUT2D eigenvalue weighted by Crippen LogP contribution is 2.08. The Morgan fingerprint density at radius 1 is 1.25 bits per heavy atom. The molecule has 0 radical (unpaired) electrons. The first-order chi connectivity index (χ1) is 7.77. The highest BCUT2D eigenvalue weighted by atomic mass is 35.5. The minimum Gasteiger partial charge on any atom is -0.321 e. The van der Waals surface area contributed by atoms with E-state index in [4.69, 9.17) is 11.6 Å². The minimum absolute atomic E-state index is 0.663. The van der Waals surface area contributed by atoms with Crippen molar-refractivity contribution in [3.63, 3.8) is 0 Å². The summed E-state index contributed by atoms with van der Waals surface area (Å²) in [6.07, 6.45) is 1.67. The van der Waals surface area contributed by atoms with Gasteiger partial charge in [0, 0.05) is 13.6 Å². The van der Waals surface area contributed by atoms with Crippen molar-refractivity contribution in [3.8, 4) is 0 Å². The predicted octanol–water partition coefficient (Wildman–Crippen LogP) is 2.36. The molecule has 1 aromatic carbocycles. The molecule has 1 N–H and O–H groups in total. The molecular formula is C12H14ClN3. The molecule has 0 atom stereocenters. The van der Waals surface area contributed by atoms with Crippen molar-refractivity contribution in [2.75, 3.05) is 0 Å². The summed E-state index contributed by atoms with van der Waals surface area (Å²) >= 11 is 5.90. The molecule has 0 bridgehead atoms. The van der Waals surface area contributed by atoms with E-state index in [2.05, 4.69) is 22.4 Å². The fourth-order valence-corrected chi connectivity index (χ4v) is 1.65. The number of imidazole rings is 1. The first-order valence-corrected chi connectivity index (χ1v) is 5.56. The van der Waals surface area contributed by atoms with Gasteiger partial charge in [0.2, 0.25) is 0 Å². The van der Waals surface area contributed by atoms with Gasteiger partial charge in [0.25, 0.3) is 0 Å². The molecular weight excluding hydrogens is 222 g/mol. The third-order valence-electron chi connectivity index (χ3n) is 2.48. The molecule has 0 saturated heterocycles. The normalized spacial score (nSPS) is 10.6. The van der Waals surface area contributed by atoms with Crippen LogP contribution in [-0.4, -0.2) is 9.55 Å². The Morgan fingerprint density at radius 3 is 2.62 bits per heavy atom. The van der Waals surface area contributed by atoms with E-state index in [1.54, 1.807) is 6.20 Å². The van der Waals surface area contributed by atoms with Crippen molar-refractivity contribution in [3.05, 3.63) is 53.1 Å². The number of nitrogens with zero attached hydrogens (tertiary/aromatic N) is 2. The smallest absolute Gasteiger partial charge is 0.128 e. The molecule has 0 aliphatic carbocycles. The van der Waals surface area contributed by atoms with Crippen molar-refractivity contribution in [2.24, 2.45) is 7.05 Å². The van der Waals surface area contributed by atoms with Gasteiger partial charge in [0.05, 0.1) is 12.7 Å². The van der Waals surface area contributed by atoms with Crippen LogP contribution in [0, 0.1) is 0 Å². The highest BCUT2D eigenvalue weighted by Gasteiger charge is 2.02. The summed E-state index contributed by atoms with van der Waals surface area (Å²) in [7, 11) is 1.91. The number of rotatable bonds is 4. The molecule has 2 rings (SSSR count). The van der Waals surface area contributed by atoms with E-state index in [1.807, 2.05) is 29.8 Å². The summed E-state index contributed by atoms with van der Waals surface area (Å²) in [6.45, 7) is 1.56. The van der Waals surface area contributed by atoms with Crippen molar-refractivity contribution < 1.29 is 0 Å². The van der Waals surface area contributed by atoms with E-state index in [1.165, 1.54) is 5.56 Å². The summed E-state index contributed by atoms with van der Waals surface area (Å²) < 4.78 is 1.87. The Kier molecular flexibility index (Phi) is 3.59. The van der Waals surface area contributed by atoms with Gasteiger partial charge in [-0.05, 0) is 5.56 Å². The molecule has 1 aromatic heterocycles. The lowest BCUT2D eigenvalue weighted by atomic mass is 10.2. The summed E-state index contributed by atoms with van der Waals surface area (Å²) in [5, 5.41) is 3.99. The van der Waals surface area contributed by atoms with Crippen LogP contribution in [-0.2, 0) is 20.1 Å². The third kappa shape index (κ3) is 2.62. The maximum atomic E-state index is 5.90. The van der Waals surface area contributed by atoms with Crippen LogP contribution in [0.4, 0.5) is 0 Å². The number of hydrogen-bond donors (Lipinski definition) is 1. The zero-order valence-electron chi connectivity index (χ0n) is 9.15. The predicted molar refractivity (Wildman–Crippen MR) is 65.2 cm³/mol. The first kappa shape index (κ1) is 11.2. The fourth-order valence-electron chi connectivity index (χ4n) is 1.50. The molecule has 84 valence electrons. The van der Waals surface area contributed by atoms with E-state index >= 15 is 0 Å². The van der Waals surface area contributed by atoms with E-state index < -0.39 is 0 Å². The molecule has 0 amide bonds. The zero-order chi connectivity index (χ0) is 11.4. The molecule has 3 nitrogen and oxygen atoms in total. The van der Waals surface area contributed by atoms with Crippen molar-refractivity contribution in [1.29, 1.82) is 0 Å². The van der Waals surface area contributed by atoms with E-state index in [9.17, 15) is 0 Å². The maximum Gasteiger partial charge on any atom is 0.128 e. The van der Waals surface area contributed by atoms with E-state index in [0.717, 1.165) is 18.9 Å². The van der Waals surface area contributed by atoms with Gasteiger partial charge < -0.3 is 9.88 Å². The molecule has 2 aromatic rings. The minimum atomic E-state index is 0.663. The van der Waals surface area contributed by atoms with Gasteiger partial charge in [-0.2, -0.15) is 0 Å². The standard InChI is InChI=1S/C12H14ClN3/c1-16-11(13)8-15-12(16)9-14-7-10-5-3-2-4-6-10/h2-6,8,14H,7,9H2,1H3. The second kappa shape index (κ2) is 5.14. The summed E-state index contributed by atoms with van der Waals surface area (Å²) in [5.74, 6) is 0.945. The quantitative estimate of drug-likeness (QED) is 0.882. The van der Waals surface area contributed by atoms with Crippen molar-refractivity contribution in [1.82, 2.24) is 14.9 Å². The second-order valence-electron chi connectivity index (χ2n) is 3.65. The molecule has 4 heteroatoms. The summed E-state index contributed by atoms with van der Waals surface area (Å²) in [5.41, 5.74) is 1.27. The topological polar surface area (TPSA) is 29.9 Å². The lowest BCUT2D eigenvalue weighted by molar-refractivity contribution is 0.639. The Bertz CT molecular complexity index is 451. The number of halogens is 1. The Balaban J connectivity index is 1.87. The summed E-state index contributed by atoms with van der Waals surface area (Å²) in [6, 6.07) is 10.3. The second-order valence-corrected chi connectivity index (χ2v) is 4.03.